The molecule has 3 nitrogen and oxygen atoms in total. The van der Waals surface area contributed by atoms with Crippen LogP contribution >= 0.6 is 11.3 Å². The molecular formula is C59H79IrN2OS-. The van der Waals surface area contributed by atoms with Crippen LogP contribution in [0.5, 0.6) is 5.75 Å². The van der Waals surface area contributed by atoms with E-state index in [1.54, 1.807) is 17.6 Å². The molecule has 5 heteroatoms. The van der Waals surface area contributed by atoms with Crippen LogP contribution in [-0.2, 0) is 25.5 Å². The minimum absolute atomic E-state index is 0. The number of allylic oxidation sites excluding steroid dienone is 1. The zero-order chi connectivity index (χ0) is 44.9. The molecule has 0 fully saturated rings. The van der Waals surface area contributed by atoms with Crippen molar-refractivity contribution in [2.75, 3.05) is 6.54 Å². The Balaban J connectivity index is -0.000000315. The van der Waals surface area contributed by atoms with E-state index in [0.29, 0.717) is 5.75 Å². The van der Waals surface area contributed by atoms with Gasteiger partial charge in [-0.1, -0.05) is 161 Å². The minimum atomic E-state index is -0.180. The van der Waals surface area contributed by atoms with E-state index in [4.69, 9.17) is 0 Å². The predicted molar refractivity (Wildman–Crippen MR) is 286 cm³/mol. The third-order valence-corrected chi connectivity index (χ3v) is 12.4. The van der Waals surface area contributed by atoms with E-state index >= 15 is 0 Å². The summed E-state index contributed by atoms with van der Waals surface area (Å²) in [5.41, 5.74) is 28.8. The fraction of sp³-hybridized carbons (Fsp3) is 0.322. The summed E-state index contributed by atoms with van der Waals surface area (Å²) in [6.07, 6.45) is 19.5. The Morgan fingerprint density at radius 2 is 1.38 bits per heavy atom. The molecule has 1 N–H and O–H groups in total. The van der Waals surface area contributed by atoms with Crippen molar-refractivity contribution in [2.24, 2.45) is 4.99 Å². The van der Waals surface area contributed by atoms with E-state index in [1.165, 1.54) is 101 Å². The van der Waals surface area contributed by atoms with Gasteiger partial charge in [-0.3, -0.25) is 4.99 Å². The number of pyridine rings is 1. The number of aromatic nitrogens is 1. The van der Waals surface area contributed by atoms with E-state index in [-0.39, 0.29) is 36.9 Å². The fourth-order valence-corrected chi connectivity index (χ4v) is 9.05. The Hall–Kier alpha value is -5.47. The van der Waals surface area contributed by atoms with E-state index in [9.17, 15) is 5.11 Å². The molecule has 2 heterocycles. The summed E-state index contributed by atoms with van der Waals surface area (Å²) in [5, 5.41) is 11.0. The van der Waals surface area contributed by atoms with Crippen molar-refractivity contribution in [2.45, 2.75) is 118 Å². The Morgan fingerprint density at radius 1 is 0.734 bits per heavy atom. The van der Waals surface area contributed by atoms with Gasteiger partial charge in [0.2, 0.25) is 0 Å². The Labute approximate surface area is 413 Å². The van der Waals surface area contributed by atoms with Gasteiger partial charge in [-0.25, -0.2) is 11.3 Å². The molecule has 0 spiro atoms. The number of hydrogen-bond acceptors (Lipinski definition) is 4. The third-order valence-electron chi connectivity index (χ3n) is 11.3. The van der Waals surface area contributed by atoms with Crippen molar-refractivity contribution in [3.05, 3.63) is 189 Å². The monoisotopic (exact) mass is 1060 g/mol. The molecule has 0 bridgehead atoms. The van der Waals surface area contributed by atoms with Crippen LogP contribution in [0.4, 0.5) is 0 Å². The second kappa shape index (κ2) is 27.0. The van der Waals surface area contributed by atoms with Crippen LogP contribution in [0.25, 0.3) is 31.8 Å². The second-order valence-corrected chi connectivity index (χ2v) is 17.5. The summed E-state index contributed by atoms with van der Waals surface area (Å²) < 4.78 is 1.26. The van der Waals surface area contributed by atoms with Crippen molar-refractivity contribution >= 4 is 27.6 Å². The molecule has 1 aliphatic carbocycles. The standard InChI is InChI=1S/C31H32.C15H23NO.C13H8NS.Ir.8H2/c1-5-7-9-11-13-15-21-31(22-16-14-12-10-8-6-2)29-23-25(3)17-19-27(29)28-20-18-26(4)24-30(28)31;1-4-5-6-7-8-16-11-14-10-12(2)9-13(3)15(14)17;1-2-7-12-10(5-1)9-13(15-12)11-6-3-4-8-14-11;;;;;;;;;/h17-21,23-24H,1,6,8,10,12,14,16,22H2,2-4H3;9-11,17H,4-8H2,1-3H3;1-8H;;8*1H/q;;-1;;;;;;;;;. The van der Waals surface area contributed by atoms with Crippen molar-refractivity contribution in [1.82, 2.24) is 4.98 Å². The average molecular weight is 1060 g/mol. The van der Waals surface area contributed by atoms with Gasteiger partial charge in [0, 0.05) is 67.1 Å². The molecule has 0 saturated heterocycles. The topological polar surface area (TPSA) is 45.5 Å². The zero-order valence-corrected chi connectivity index (χ0v) is 41.9. The van der Waals surface area contributed by atoms with Crippen LogP contribution in [0.3, 0.4) is 0 Å². The van der Waals surface area contributed by atoms with Crippen LogP contribution in [0.2, 0.25) is 0 Å². The number of aromatic hydroxyl groups is 1. The van der Waals surface area contributed by atoms with Crippen LogP contribution in [0.1, 0.15) is 135 Å². The largest absolute Gasteiger partial charge is 0.507 e. The van der Waals surface area contributed by atoms with Crippen LogP contribution in [0, 0.1) is 33.8 Å². The summed E-state index contributed by atoms with van der Waals surface area (Å²) in [4.78, 5) is 9.80. The van der Waals surface area contributed by atoms with Gasteiger partial charge in [0.05, 0.1) is 0 Å². The number of phenols is 1. The van der Waals surface area contributed by atoms with Gasteiger partial charge in [-0.05, 0) is 131 Å². The van der Waals surface area contributed by atoms with Gasteiger partial charge >= 0.3 is 0 Å². The zero-order valence-electron chi connectivity index (χ0n) is 38.7. The van der Waals surface area contributed by atoms with E-state index < -0.39 is 0 Å². The summed E-state index contributed by atoms with van der Waals surface area (Å²) in [5.74, 6) is 0.355. The number of benzene rings is 4. The smallest absolute Gasteiger partial charge is 0.127 e. The molecule has 0 aliphatic heterocycles. The quantitative estimate of drug-likeness (QED) is 0.0482. The summed E-state index contributed by atoms with van der Waals surface area (Å²) in [6.45, 7) is 17.1. The second-order valence-electron chi connectivity index (χ2n) is 16.4. The number of phenolic OH excluding ortho intramolecular Hbond substituents is 1. The molecule has 0 amide bonds. The Bertz CT molecular complexity index is 2660. The molecular weight excluding hydrogens is 977 g/mol. The SMILES string of the molecule is C=C=C=C=C=C=C=CC1(CCCCCCCC)c2cc(C)ccc2-c2ccc(C)cc21.CCCCCCN=Cc1cc(C)cc(C)c1O.[HH].[HH].[HH].[HH].[HH].[HH].[HH].[HH].[Ir].[c-]1c(-c2ccccn2)sc2ccccc12. The van der Waals surface area contributed by atoms with Gasteiger partial charge in [-0.2, -0.15) is 0 Å². The maximum absolute atomic E-state index is 9.87. The number of aliphatic imine (C=N–C) groups is 1. The molecule has 4 aromatic carbocycles. The molecule has 2 aromatic heterocycles. The Kier molecular flexibility index (Phi) is 21.6. The van der Waals surface area contributed by atoms with Gasteiger partial charge < -0.3 is 10.1 Å². The maximum atomic E-state index is 9.87. The summed E-state index contributed by atoms with van der Waals surface area (Å²) >= 11 is 1.73. The number of fused-ring (bicyclic) bond motifs is 4. The molecule has 1 aliphatic rings. The first-order valence-electron chi connectivity index (χ1n) is 22.7. The third kappa shape index (κ3) is 14.5. The van der Waals surface area contributed by atoms with Crippen molar-refractivity contribution in [1.29, 1.82) is 0 Å². The van der Waals surface area contributed by atoms with Crippen molar-refractivity contribution in [3.63, 3.8) is 0 Å². The predicted octanol–water partition coefficient (Wildman–Crippen LogP) is 18.2. The van der Waals surface area contributed by atoms with E-state index in [2.05, 4.69) is 145 Å². The fourth-order valence-electron chi connectivity index (χ4n) is 8.07. The first-order valence-corrected chi connectivity index (χ1v) is 23.5. The number of rotatable bonds is 15. The number of unbranched alkanes of at least 4 members (excludes halogenated alkanes) is 8. The summed E-state index contributed by atoms with van der Waals surface area (Å²) in [6, 6.07) is 35.3. The molecule has 64 heavy (non-hydrogen) atoms. The van der Waals surface area contributed by atoms with Crippen LogP contribution < -0.4 is 0 Å². The summed E-state index contributed by atoms with van der Waals surface area (Å²) in [7, 11) is 0. The molecule has 0 saturated carbocycles. The molecule has 1 radical (unpaired) electrons. The van der Waals surface area contributed by atoms with Gasteiger partial charge in [0.15, 0.2) is 0 Å². The number of nitrogens with zero attached hydrogens (tertiary/aromatic N) is 2. The van der Waals surface area contributed by atoms with Crippen molar-refractivity contribution in [3.8, 4) is 27.4 Å². The number of aryl methyl sites for hydroxylation is 4. The van der Waals surface area contributed by atoms with Crippen LogP contribution in [0.15, 0.2) is 149 Å². The normalized spacial score (nSPS) is 11.4. The molecule has 6 aromatic rings. The molecule has 0 atom stereocenters. The van der Waals surface area contributed by atoms with Gasteiger partial charge in [0.1, 0.15) is 5.75 Å². The Morgan fingerprint density at radius 3 is 2.03 bits per heavy atom. The van der Waals surface area contributed by atoms with Gasteiger partial charge in [-0.15, -0.1) is 23.6 Å². The van der Waals surface area contributed by atoms with E-state index in [0.717, 1.165) is 46.6 Å². The minimum Gasteiger partial charge on any atom is -0.507 e. The molecule has 7 rings (SSSR count). The molecule has 0 unspecified atom stereocenters. The van der Waals surface area contributed by atoms with Gasteiger partial charge in [0.25, 0.3) is 0 Å². The van der Waals surface area contributed by atoms with Crippen LogP contribution in [-0.4, -0.2) is 22.8 Å². The maximum Gasteiger partial charge on any atom is 0.127 e. The number of hydrogen-bond donors (Lipinski definition) is 1. The first kappa shape index (κ1) is 51.2. The number of thiophene rings is 1. The first-order chi connectivity index (χ1) is 30.7. The molecule has 347 valence electrons. The van der Waals surface area contributed by atoms with Crippen molar-refractivity contribution < 1.29 is 36.6 Å². The average Bonchev–Trinajstić information content (AvgIpc) is 3.84. The van der Waals surface area contributed by atoms with E-state index in [1.807, 2.05) is 56.4 Å².